The molecule has 0 radical (unpaired) electrons. The topological polar surface area (TPSA) is 46.5 Å². The van der Waals surface area contributed by atoms with Gasteiger partial charge in [0.1, 0.15) is 0 Å². The highest BCUT2D eigenvalue weighted by molar-refractivity contribution is 5.82. The van der Waals surface area contributed by atoms with Crippen LogP contribution in [-0.2, 0) is 15.1 Å². The van der Waals surface area contributed by atoms with E-state index in [0.29, 0.717) is 0 Å². The van der Waals surface area contributed by atoms with Gasteiger partial charge in [-0.05, 0) is 0 Å². The van der Waals surface area contributed by atoms with E-state index in [0.717, 1.165) is 19.2 Å². The average Bonchev–Trinajstić information content (AvgIpc) is 2.26. The molecule has 0 aliphatic rings. The summed E-state index contributed by atoms with van der Waals surface area (Å²) >= 11 is 0. The van der Waals surface area contributed by atoms with Crippen molar-refractivity contribution >= 4 is 5.97 Å². The van der Waals surface area contributed by atoms with Crippen LogP contribution in [0.4, 0.5) is 13.2 Å². The maximum absolute atomic E-state index is 12.7. The summed E-state index contributed by atoms with van der Waals surface area (Å²) in [4.78, 5) is 11.1. The molecule has 16 heavy (non-hydrogen) atoms. The Balaban J connectivity index is 3.32. The predicted molar refractivity (Wildman–Crippen MR) is 48.4 cm³/mol. The first-order chi connectivity index (χ1) is 7.34. The fraction of sp³-hybridized carbons (Fsp3) is 0.300. The molecule has 1 aromatic carbocycles. The lowest BCUT2D eigenvalue weighted by Crippen LogP contribution is -2.49. The average molecular weight is 234 g/mol. The van der Waals surface area contributed by atoms with Gasteiger partial charge in [-0.2, -0.15) is 13.2 Å². The Morgan fingerprint density at radius 3 is 2.12 bits per heavy atom. The Labute approximate surface area is 89.5 Å². The third-order valence-corrected chi connectivity index (χ3v) is 2.08. The minimum atomic E-state index is -5.14. The molecule has 6 heteroatoms. The van der Waals surface area contributed by atoms with Gasteiger partial charge in [-0.15, -0.1) is 0 Å². The molecule has 1 atom stereocenters. The van der Waals surface area contributed by atoms with E-state index in [1.54, 1.807) is 0 Å². The number of ether oxygens (including phenoxy) is 1. The van der Waals surface area contributed by atoms with Gasteiger partial charge in [-0.1, -0.05) is 30.3 Å². The number of methoxy groups -OCH3 is 1. The molecule has 3 nitrogen and oxygen atoms in total. The number of carbonyl (C=O) groups is 1. The zero-order valence-corrected chi connectivity index (χ0v) is 8.28. The summed E-state index contributed by atoms with van der Waals surface area (Å²) in [5.74, 6) is -1.76. The Bertz CT molecular complexity index is 375. The normalized spacial score (nSPS) is 15.3. The molecule has 0 amide bonds. The zero-order valence-electron chi connectivity index (χ0n) is 8.28. The SMILES string of the molecule is COC(=O)C(O)(c1ccccc1)C(F)(F)F. The number of hydrogen-bond donors (Lipinski definition) is 1. The van der Waals surface area contributed by atoms with E-state index in [2.05, 4.69) is 4.74 Å². The summed E-state index contributed by atoms with van der Waals surface area (Å²) in [6.45, 7) is 0. The highest BCUT2D eigenvalue weighted by Crippen LogP contribution is 2.39. The van der Waals surface area contributed by atoms with Gasteiger partial charge in [-0.3, -0.25) is 0 Å². The molecule has 1 N–H and O–H groups in total. The highest BCUT2D eigenvalue weighted by atomic mass is 19.4. The lowest BCUT2D eigenvalue weighted by atomic mass is 9.93. The second-order valence-electron chi connectivity index (χ2n) is 3.07. The fourth-order valence-electron chi connectivity index (χ4n) is 1.22. The summed E-state index contributed by atoms with van der Waals surface area (Å²) in [5, 5.41) is 9.49. The molecular weight excluding hydrogens is 225 g/mol. The Morgan fingerprint density at radius 2 is 1.75 bits per heavy atom. The largest absolute Gasteiger partial charge is 0.466 e. The van der Waals surface area contributed by atoms with Crippen LogP contribution in [0.2, 0.25) is 0 Å². The Hall–Kier alpha value is -1.56. The smallest absolute Gasteiger partial charge is 0.432 e. The lowest BCUT2D eigenvalue weighted by molar-refractivity contribution is -0.266. The van der Waals surface area contributed by atoms with Gasteiger partial charge < -0.3 is 9.84 Å². The molecule has 88 valence electrons. The number of hydrogen-bond acceptors (Lipinski definition) is 3. The molecule has 1 unspecified atom stereocenters. The van der Waals surface area contributed by atoms with Gasteiger partial charge >= 0.3 is 12.1 Å². The molecule has 0 fully saturated rings. The van der Waals surface area contributed by atoms with Crippen molar-refractivity contribution in [1.82, 2.24) is 0 Å². The Morgan fingerprint density at radius 1 is 1.25 bits per heavy atom. The van der Waals surface area contributed by atoms with Crippen LogP contribution in [0.25, 0.3) is 0 Å². The number of carbonyl (C=O) groups excluding carboxylic acids is 1. The van der Waals surface area contributed by atoms with Crippen LogP contribution in [-0.4, -0.2) is 24.4 Å². The third-order valence-electron chi connectivity index (χ3n) is 2.08. The van der Waals surface area contributed by atoms with E-state index >= 15 is 0 Å². The molecule has 1 rings (SSSR count). The van der Waals surface area contributed by atoms with E-state index in [1.807, 2.05) is 0 Å². The first kappa shape index (κ1) is 12.5. The molecule has 0 aromatic heterocycles. The molecule has 0 spiro atoms. The first-order valence-electron chi connectivity index (χ1n) is 4.27. The van der Waals surface area contributed by atoms with Gasteiger partial charge in [-0.25, -0.2) is 4.79 Å². The quantitative estimate of drug-likeness (QED) is 0.791. The molecule has 0 heterocycles. The number of alkyl halides is 3. The van der Waals surface area contributed by atoms with E-state index in [1.165, 1.54) is 18.2 Å². The van der Waals surface area contributed by atoms with Crippen molar-refractivity contribution < 1.29 is 27.8 Å². The molecule has 0 aliphatic carbocycles. The number of esters is 1. The van der Waals surface area contributed by atoms with Gasteiger partial charge in [0.05, 0.1) is 7.11 Å². The van der Waals surface area contributed by atoms with E-state index < -0.39 is 23.3 Å². The minimum absolute atomic E-state index is 0.575. The standard InChI is InChI=1S/C10H9F3O3/c1-16-8(14)9(15,10(11,12)13)7-5-3-2-4-6-7/h2-6,15H,1H3. The number of rotatable bonds is 2. The van der Waals surface area contributed by atoms with Crippen molar-refractivity contribution in [2.24, 2.45) is 0 Å². The molecule has 0 aliphatic heterocycles. The van der Waals surface area contributed by atoms with Crippen molar-refractivity contribution in [1.29, 1.82) is 0 Å². The zero-order chi connectivity index (χ0) is 12.4. The fourth-order valence-corrected chi connectivity index (χ4v) is 1.22. The van der Waals surface area contributed by atoms with Crippen molar-refractivity contribution in [3.8, 4) is 0 Å². The van der Waals surface area contributed by atoms with Gasteiger partial charge in [0.25, 0.3) is 5.60 Å². The van der Waals surface area contributed by atoms with Crippen molar-refractivity contribution in [3.05, 3.63) is 35.9 Å². The monoisotopic (exact) mass is 234 g/mol. The Kier molecular flexibility index (Phi) is 3.23. The highest BCUT2D eigenvalue weighted by Gasteiger charge is 2.61. The molecule has 0 bridgehead atoms. The second kappa shape index (κ2) is 4.13. The second-order valence-corrected chi connectivity index (χ2v) is 3.07. The van der Waals surface area contributed by atoms with E-state index in [9.17, 15) is 23.1 Å². The van der Waals surface area contributed by atoms with Crippen LogP contribution in [0.5, 0.6) is 0 Å². The van der Waals surface area contributed by atoms with Crippen LogP contribution in [0.1, 0.15) is 5.56 Å². The summed E-state index contributed by atoms with van der Waals surface area (Å²) in [7, 11) is 0.780. The summed E-state index contributed by atoms with van der Waals surface area (Å²) < 4.78 is 42.0. The number of aliphatic hydroxyl groups is 1. The van der Waals surface area contributed by atoms with Crippen molar-refractivity contribution in [2.45, 2.75) is 11.8 Å². The third kappa shape index (κ3) is 1.88. The summed E-state index contributed by atoms with van der Waals surface area (Å²) in [6.07, 6.45) is -5.14. The lowest BCUT2D eigenvalue weighted by Gasteiger charge is -2.27. The maximum atomic E-state index is 12.7. The van der Waals surface area contributed by atoms with Crippen molar-refractivity contribution in [3.63, 3.8) is 0 Å². The number of benzene rings is 1. The molecule has 0 saturated carbocycles. The molecular formula is C10H9F3O3. The van der Waals surface area contributed by atoms with Crippen molar-refractivity contribution in [2.75, 3.05) is 7.11 Å². The molecule has 1 aromatic rings. The maximum Gasteiger partial charge on any atom is 0.432 e. The van der Waals surface area contributed by atoms with Gasteiger partial charge in [0.2, 0.25) is 0 Å². The van der Waals surface area contributed by atoms with Crippen LogP contribution >= 0.6 is 0 Å². The van der Waals surface area contributed by atoms with Crippen LogP contribution in [0.15, 0.2) is 30.3 Å². The van der Waals surface area contributed by atoms with Gasteiger partial charge in [0, 0.05) is 5.56 Å². The summed E-state index contributed by atoms with van der Waals surface area (Å²) in [6, 6.07) is 6.05. The number of halogens is 3. The van der Waals surface area contributed by atoms with Gasteiger partial charge in [0.15, 0.2) is 0 Å². The summed E-state index contributed by atoms with van der Waals surface area (Å²) in [5.41, 5.74) is -4.20. The van der Waals surface area contributed by atoms with Crippen LogP contribution in [0, 0.1) is 0 Å². The van der Waals surface area contributed by atoms with Crippen LogP contribution in [0.3, 0.4) is 0 Å². The molecule has 0 saturated heterocycles. The predicted octanol–water partition coefficient (Wildman–Crippen LogP) is 1.61. The first-order valence-corrected chi connectivity index (χ1v) is 4.27. The van der Waals surface area contributed by atoms with E-state index in [4.69, 9.17) is 0 Å². The minimum Gasteiger partial charge on any atom is -0.466 e. The van der Waals surface area contributed by atoms with E-state index in [-0.39, 0.29) is 0 Å². The van der Waals surface area contributed by atoms with Crippen LogP contribution < -0.4 is 0 Å².